The maximum absolute atomic E-state index is 12.4. The molecule has 0 spiro atoms. The predicted octanol–water partition coefficient (Wildman–Crippen LogP) is 3.10. The summed E-state index contributed by atoms with van der Waals surface area (Å²) < 4.78 is 11.0. The SMILES string of the molecule is O=C(N[C@@H]1CCC[C@H]1O)c1ccc(OCc2c(-c3ccc(Cl)cc3)noc2CO)nc1. The second-order valence-electron chi connectivity index (χ2n) is 7.35. The molecule has 4 rings (SSSR count). The number of carbonyl (C=O) groups is 1. The van der Waals surface area contributed by atoms with Crippen LogP contribution in [0.5, 0.6) is 5.88 Å². The number of pyridine rings is 1. The summed E-state index contributed by atoms with van der Waals surface area (Å²) in [6.07, 6.45) is 3.29. The Morgan fingerprint density at radius 3 is 2.68 bits per heavy atom. The zero-order valence-corrected chi connectivity index (χ0v) is 17.4. The summed E-state index contributed by atoms with van der Waals surface area (Å²) in [6.45, 7) is -0.247. The van der Waals surface area contributed by atoms with E-state index in [1.807, 2.05) is 0 Å². The number of carbonyl (C=O) groups excluding carboxylic acids is 1. The largest absolute Gasteiger partial charge is 0.473 e. The third kappa shape index (κ3) is 4.87. The smallest absolute Gasteiger partial charge is 0.253 e. The molecule has 1 fully saturated rings. The number of rotatable bonds is 7. The Morgan fingerprint density at radius 2 is 2.03 bits per heavy atom. The molecule has 0 unspecified atom stereocenters. The van der Waals surface area contributed by atoms with Gasteiger partial charge in [-0.05, 0) is 37.5 Å². The van der Waals surface area contributed by atoms with E-state index in [1.165, 1.54) is 6.20 Å². The average molecular weight is 444 g/mol. The quantitative estimate of drug-likeness (QED) is 0.513. The van der Waals surface area contributed by atoms with E-state index >= 15 is 0 Å². The van der Waals surface area contributed by atoms with E-state index in [9.17, 15) is 15.0 Å². The number of amides is 1. The van der Waals surface area contributed by atoms with Gasteiger partial charge in [0.1, 0.15) is 18.9 Å². The second kappa shape index (κ2) is 9.47. The van der Waals surface area contributed by atoms with Crippen LogP contribution in [0.1, 0.15) is 40.9 Å². The standard InChI is InChI=1S/C22H22ClN3O5/c23-15-7-4-13(5-8-15)21-16(19(11-27)31-26-21)12-30-20-9-6-14(10-24-20)22(29)25-17-2-1-3-18(17)28/h4-10,17-18,27-28H,1-3,11-12H2,(H,25,29)/t17-,18-/m1/s1. The van der Waals surface area contributed by atoms with Gasteiger partial charge in [0.05, 0.1) is 23.3 Å². The van der Waals surface area contributed by atoms with Gasteiger partial charge in [-0.25, -0.2) is 4.98 Å². The molecule has 2 atom stereocenters. The molecular formula is C22H22ClN3O5. The molecule has 2 heterocycles. The van der Waals surface area contributed by atoms with Gasteiger partial charge < -0.3 is 24.8 Å². The molecule has 1 amide bonds. The molecule has 31 heavy (non-hydrogen) atoms. The van der Waals surface area contributed by atoms with E-state index in [4.69, 9.17) is 20.9 Å². The maximum atomic E-state index is 12.4. The van der Waals surface area contributed by atoms with E-state index in [1.54, 1.807) is 36.4 Å². The number of aromatic nitrogens is 2. The average Bonchev–Trinajstić information content (AvgIpc) is 3.38. The summed E-state index contributed by atoms with van der Waals surface area (Å²) in [4.78, 5) is 16.5. The molecule has 162 valence electrons. The molecule has 3 aromatic rings. The van der Waals surface area contributed by atoms with Crippen LogP contribution in [0, 0.1) is 0 Å². The van der Waals surface area contributed by atoms with E-state index in [0.29, 0.717) is 39.9 Å². The minimum absolute atomic E-state index is 0.0736. The summed E-state index contributed by atoms with van der Waals surface area (Å²) in [5, 5.41) is 26.9. The Balaban J connectivity index is 1.43. The highest BCUT2D eigenvalue weighted by atomic mass is 35.5. The van der Waals surface area contributed by atoms with Crippen molar-refractivity contribution >= 4 is 17.5 Å². The van der Waals surface area contributed by atoms with Gasteiger partial charge in [-0.1, -0.05) is 28.9 Å². The molecule has 2 aromatic heterocycles. The molecule has 1 aliphatic carbocycles. The van der Waals surface area contributed by atoms with Crippen LogP contribution in [0.15, 0.2) is 47.1 Å². The number of nitrogens with zero attached hydrogens (tertiary/aromatic N) is 2. The third-order valence-corrected chi connectivity index (χ3v) is 5.54. The minimum atomic E-state index is -0.501. The first-order valence-electron chi connectivity index (χ1n) is 9.97. The Hall–Kier alpha value is -2.94. The molecule has 1 aromatic carbocycles. The third-order valence-electron chi connectivity index (χ3n) is 5.29. The lowest BCUT2D eigenvalue weighted by molar-refractivity contribution is 0.0873. The topological polar surface area (TPSA) is 118 Å². The van der Waals surface area contributed by atoms with Crippen molar-refractivity contribution in [2.45, 2.75) is 44.6 Å². The van der Waals surface area contributed by atoms with Gasteiger partial charge in [0.15, 0.2) is 5.76 Å². The van der Waals surface area contributed by atoms with Gasteiger partial charge >= 0.3 is 0 Å². The first-order valence-corrected chi connectivity index (χ1v) is 10.3. The highest BCUT2D eigenvalue weighted by Crippen LogP contribution is 2.28. The number of aliphatic hydroxyl groups is 2. The van der Waals surface area contributed by atoms with Crippen molar-refractivity contribution in [3.63, 3.8) is 0 Å². The zero-order chi connectivity index (χ0) is 21.8. The van der Waals surface area contributed by atoms with Crippen LogP contribution in [0.25, 0.3) is 11.3 Å². The predicted molar refractivity (Wildman–Crippen MR) is 113 cm³/mol. The lowest BCUT2D eigenvalue weighted by Gasteiger charge is -2.16. The Kier molecular flexibility index (Phi) is 6.50. The summed E-state index contributed by atoms with van der Waals surface area (Å²) in [7, 11) is 0. The van der Waals surface area contributed by atoms with Crippen molar-refractivity contribution in [2.75, 3.05) is 0 Å². The van der Waals surface area contributed by atoms with E-state index in [2.05, 4.69) is 15.5 Å². The fraction of sp³-hybridized carbons (Fsp3) is 0.318. The van der Waals surface area contributed by atoms with Crippen molar-refractivity contribution in [1.29, 1.82) is 0 Å². The van der Waals surface area contributed by atoms with Crippen LogP contribution in [0.2, 0.25) is 5.02 Å². The van der Waals surface area contributed by atoms with Crippen LogP contribution in [0.4, 0.5) is 0 Å². The van der Waals surface area contributed by atoms with Crippen LogP contribution in [-0.2, 0) is 13.2 Å². The highest BCUT2D eigenvalue weighted by molar-refractivity contribution is 6.30. The van der Waals surface area contributed by atoms with E-state index < -0.39 is 6.10 Å². The van der Waals surface area contributed by atoms with E-state index in [-0.39, 0.29) is 25.2 Å². The zero-order valence-electron chi connectivity index (χ0n) is 16.6. The molecular weight excluding hydrogens is 422 g/mol. The van der Waals surface area contributed by atoms with Gasteiger partial charge in [-0.3, -0.25) is 4.79 Å². The summed E-state index contributed by atoms with van der Waals surface area (Å²) in [5.41, 5.74) is 2.31. The van der Waals surface area contributed by atoms with Gasteiger partial charge in [-0.2, -0.15) is 0 Å². The number of hydrogen-bond acceptors (Lipinski definition) is 7. The summed E-state index contributed by atoms with van der Waals surface area (Å²) >= 11 is 5.94. The highest BCUT2D eigenvalue weighted by Gasteiger charge is 2.27. The lowest BCUT2D eigenvalue weighted by atomic mass is 10.1. The number of nitrogens with one attached hydrogen (secondary N) is 1. The van der Waals surface area contributed by atoms with Crippen molar-refractivity contribution in [3.05, 3.63) is 64.5 Å². The van der Waals surface area contributed by atoms with E-state index in [0.717, 1.165) is 18.4 Å². The Morgan fingerprint density at radius 1 is 1.23 bits per heavy atom. The van der Waals surface area contributed by atoms with Crippen molar-refractivity contribution in [2.24, 2.45) is 0 Å². The first-order chi connectivity index (χ1) is 15.0. The monoisotopic (exact) mass is 443 g/mol. The lowest BCUT2D eigenvalue weighted by Crippen LogP contribution is -2.39. The Labute approximate surface area is 183 Å². The molecule has 3 N–H and O–H groups in total. The van der Waals surface area contributed by atoms with Crippen molar-refractivity contribution in [1.82, 2.24) is 15.5 Å². The van der Waals surface area contributed by atoms with Gasteiger partial charge in [0, 0.05) is 22.8 Å². The van der Waals surface area contributed by atoms with Crippen molar-refractivity contribution < 1.29 is 24.3 Å². The second-order valence-corrected chi connectivity index (χ2v) is 7.79. The van der Waals surface area contributed by atoms with Crippen LogP contribution in [0.3, 0.4) is 0 Å². The number of hydrogen-bond donors (Lipinski definition) is 3. The van der Waals surface area contributed by atoms with Gasteiger partial charge in [-0.15, -0.1) is 0 Å². The molecule has 0 saturated heterocycles. The molecule has 0 bridgehead atoms. The molecule has 1 saturated carbocycles. The summed E-state index contributed by atoms with van der Waals surface area (Å²) in [6, 6.07) is 10.1. The first kappa shape index (κ1) is 21.3. The van der Waals surface area contributed by atoms with Crippen LogP contribution in [-0.4, -0.2) is 38.4 Å². The Bertz CT molecular complexity index is 1040. The number of benzene rings is 1. The molecule has 9 heteroatoms. The molecule has 0 aliphatic heterocycles. The number of ether oxygens (including phenoxy) is 1. The molecule has 0 radical (unpaired) electrons. The normalized spacial score (nSPS) is 18.2. The molecule has 8 nitrogen and oxygen atoms in total. The van der Waals surface area contributed by atoms with Crippen LogP contribution < -0.4 is 10.1 Å². The molecule has 1 aliphatic rings. The fourth-order valence-corrected chi connectivity index (χ4v) is 3.68. The van der Waals surface area contributed by atoms with Gasteiger partial charge in [0.2, 0.25) is 5.88 Å². The summed E-state index contributed by atoms with van der Waals surface area (Å²) in [5.74, 6) is 0.331. The fourth-order valence-electron chi connectivity index (χ4n) is 3.56. The van der Waals surface area contributed by atoms with Crippen LogP contribution >= 0.6 is 11.6 Å². The number of halogens is 1. The maximum Gasteiger partial charge on any atom is 0.253 e. The number of aliphatic hydroxyl groups excluding tert-OH is 2. The minimum Gasteiger partial charge on any atom is -0.473 e. The van der Waals surface area contributed by atoms with Crippen molar-refractivity contribution in [3.8, 4) is 17.1 Å². The van der Waals surface area contributed by atoms with Gasteiger partial charge in [0.25, 0.3) is 5.91 Å².